The van der Waals surface area contributed by atoms with Crippen molar-refractivity contribution in [1.82, 2.24) is 5.32 Å². The van der Waals surface area contributed by atoms with Crippen molar-refractivity contribution in [2.24, 2.45) is 0 Å². The quantitative estimate of drug-likeness (QED) is 0.624. The zero-order valence-electron chi connectivity index (χ0n) is 14.0. The summed E-state index contributed by atoms with van der Waals surface area (Å²) in [6.07, 6.45) is 0. The van der Waals surface area contributed by atoms with E-state index < -0.39 is 5.60 Å². The maximum atomic E-state index is 12.0. The summed E-state index contributed by atoms with van der Waals surface area (Å²) >= 11 is 13.3. The lowest BCUT2D eigenvalue weighted by atomic mass is 10.0. The Morgan fingerprint density at radius 1 is 1.23 bits per heavy atom. The molecule has 0 aliphatic rings. The summed E-state index contributed by atoms with van der Waals surface area (Å²) in [7, 11) is 0. The van der Waals surface area contributed by atoms with Crippen LogP contribution in [0.15, 0.2) is 48.5 Å². The summed E-state index contributed by atoms with van der Waals surface area (Å²) in [4.78, 5) is 12.8. The Bertz CT molecular complexity index is 906. The molecule has 1 aromatic heterocycles. The molecule has 0 unspecified atom stereocenters. The maximum Gasteiger partial charge on any atom is 0.258 e. The Morgan fingerprint density at radius 3 is 2.73 bits per heavy atom. The molecule has 4 nitrogen and oxygen atoms in total. The highest BCUT2D eigenvalue weighted by Crippen LogP contribution is 2.33. The van der Waals surface area contributed by atoms with E-state index in [4.69, 9.17) is 27.9 Å². The minimum atomic E-state index is -1.17. The van der Waals surface area contributed by atoms with Crippen LogP contribution in [0.5, 0.6) is 5.75 Å². The Labute approximate surface area is 165 Å². The highest BCUT2D eigenvalue weighted by molar-refractivity contribution is 7.19. The average Bonchev–Trinajstić information content (AvgIpc) is 3.04. The van der Waals surface area contributed by atoms with Crippen LogP contribution < -0.4 is 10.1 Å². The van der Waals surface area contributed by atoms with Gasteiger partial charge in [-0.2, -0.15) is 0 Å². The largest absolute Gasteiger partial charge is 0.482 e. The van der Waals surface area contributed by atoms with Gasteiger partial charge >= 0.3 is 0 Å². The minimum Gasteiger partial charge on any atom is -0.482 e. The number of hydrogen-bond acceptors (Lipinski definition) is 4. The summed E-state index contributed by atoms with van der Waals surface area (Å²) < 4.78 is 6.48. The molecule has 0 fully saturated rings. The Balaban J connectivity index is 1.57. The van der Waals surface area contributed by atoms with Crippen LogP contribution in [0.1, 0.15) is 11.8 Å². The van der Waals surface area contributed by atoms with Gasteiger partial charge in [-0.1, -0.05) is 41.4 Å². The number of halogens is 2. The van der Waals surface area contributed by atoms with Crippen molar-refractivity contribution in [2.45, 2.75) is 12.5 Å². The van der Waals surface area contributed by atoms with E-state index in [1.54, 1.807) is 25.1 Å². The van der Waals surface area contributed by atoms with Gasteiger partial charge in [-0.25, -0.2) is 0 Å². The predicted octanol–water partition coefficient (Wildman–Crippen LogP) is 4.61. The third kappa shape index (κ3) is 4.48. The summed E-state index contributed by atoms with van der Waals surface area (Å²) in [6, 6.07) is 14.6. The SMILES string of the molecule is C[C@](O)(CNC(=O)COc1ccc(Cl)cc1Cl)c1cc2ccccc2s1. The molecule has 3 aromatic rings. The van der Waals surface area contributed by atoms with Gasteiger partial charge in [0.2, 0.25) is 0 Å². The molecule has 26 heavy (non-hydrogen) atoms. The first-order valence-corrected chi connectivity index (χ1v) is 9.48. The lowest BCUT2D eigenvalue weighted by Gasteiger charge is -2.22. The molecule has 0 radical (unpaired) electrons. The number of rotatable bonds is 6. The molecule has 136 valence electrons. The molecule has 0 spiro atoms. The fourth-order valence-corrected chi connectivity index (χ4v) is 3.96. The number of amides is 1. The first kappa shape index (κ1) is 19.0. The topological polar surface area (TPSA) is 58.6 Å². The molecule has 2 N–H and O–H groups in total. The van der Waals surface area contributed by atoms with E-state index in [0.29, 0.717) is 15.8 Å². The Hall–Kier alpha value is -1.79. The number of ether oxygens (including phenoxy) is 1. The van der Waals surface area contributed by atoms with Crippen LogP contribution in [0.4, 0.5) is 0 Å². The lowest BCUT2D eigenvalue weighted by Crippen LogP contribution is -2.40. The summed E-state index contributed by atoms with van der Waals surface area (Å²) in [5.74, 6) is 0.0277. The molecule has 1 heterocycles. The third-order valence-corrected chi connectivity index (χ3v) is 5.74. The highest BCUT2D eigenvalue weighted by Gasteiger charge is 2.26. The van der Waals surface area contributed by atoms with Crippen LogP contribution in [-0.2, 0) is 10.4 Å². The van der Waals surface area contributed by atoms with Gasteiger partial charge in [0.15, 0.2) is 6.61 Å². The van der Waals surface area contributed by atoms with Crippen LogP contribution in [-0.4, -0.2) is 24.2 Å². The van der Waals surface area contributed by atoms with Crippen LogP contribution in [0.25, 0.3) is 10.1 Å². The van der Waals surface area contributed by atoms with E-state index in [0.717, 1.165) is 15.0 Å². The zero-order valence-corrected chi connectivity index (χ0v) is 16.3. The molecular formula is C19H17Cl2NO3S. The number of nitrogens with one attached hydrogen (secondary N) is 1. The Morgan fingerprint density at radius 2 is 2.00 bits per heavy atom. The normalized spacial score (nSPS) is 13.4. The van der Waals surface area contributed by atoms with Gasteiger partial charge in [-0.3, -0.25) is 4.79 Å². The van der Waals surface area contributed by atoms with Crippen molar-refractivity contribution in [3.8, 4) is 5.75 Å². The second-order valence-corrected chi connectivity index (χ2v) is 7.99. The van der Waals surface area contributed by atoms with Crippen LogP contribution in [0.2, 0.25) is 10.0 Å². The minimum absolute atomic E-state index is 0.0797. The second-order valence-electron chi connectivity index (χ2n) is 6.06. The molecular weight excluding hydrogens is 393 g/mol. The van der Waals surface area contributed by atoms with Crippen molar-refractivity contribution in [2.75, 3.05) is 13.2 Å². The summed E-state index contributed by atoms with van der Waals surface area (Å²) in [5, 5.41) is 15.3. The number of hydrogen-bond donors (Lipinski definition) is 2. The van der Waals surface area contributed by atoms with Crippen molar-refractivity contribution in [3.05, 3.63) is 63.5 Å². The van der Waals surface area contributed by atoms with E-state index in [2.05, 4.69) is 5.32 Å². The van der Waals surface area contributed by atoms with Crippen LogP contribution in [0, 0.1) is 0 Å². The standard InChI is InChI=1S/C19H17Cl2NO3S/c1-19(24,17-8-12-4-2-3-5-16(12)26-17)11-22-18(23)10-25-15-7-6-13(20)9-14(15)21/h2-9,24H,10-11H2,1H3,(H,22,23)/t19-/m0/s1. The smallest absolute Gasteiger partial charge is 0.258 e. The fourth-order valence-electron chi connectivity index (χ4n) is 2.39. The number of benzene rings is 2. The van der Waals surface area contributed by atoms with E-state index in [-0.39, 0.29) is 19.1 Å². The fraction of sp³-hybridized carbons (Fsp3) is 0.211. The van der Waals surface area contributed by atoms with Crippen molar-refractivity contribution in [1.29, 1.82) is 0 Å². The third-order valence-electron chi connectivity index (χ3n) is 3.84. The lowest BCUT2D eigenvalue weighted by molar-refractivity contribution is -0.124. The molecule has 0 saturated carbocycles. The second kappa shape index (κ2) is 7.84. The van der Waals surface area contributed by atoms with E-state index in [1.807, 2.05) is 30.3 Å². The molecule has 0 bridgehead atoms. The first-order valence-electron chi connectivity index (χ1n) is 7.91. The van der Waals surface area contributed by atoms with Gasteiger partial charge in [-0.15, -0.1) is 11.3 Å². The van der Waals surface area contributed by atoms with Gasteiger partial charge in [-0.05, 0) is 42.6 Å². The van der Waals surface area contributed by atoms with Crippen molar-refractivity contribution < 1.29 is 14.6 Å². The molecule has 1 amide bonds. The molecule has 0 saturated heterocycles. The number of fused-ring (bicyclic) bond motifs is 1. The zero-order chi connectivity index (χ0) is 18.7. The van der Waals surface area contributed by atoms with Gasteiger partial charge in [0.1, 0.15) is 11.4 Å². The number of thiophene rings is 1. The highest BCUT2D eigenvalue weighted by atomic mass is 35.5. The molecule has 1 atom stereocenters. The molecule has 7 heteroatoms. The first-order chi connectivity index (χ1) is 12.3. The van der Waals surface area contributed by atoms with Crippen LogP contribution >= 0.6 is 34.5 Å². The van der Waals surface area contributed by atoms with Crippen LogP contribution in [0.3, 0.4) is 0 Å². The number of carbonyl (C=O) groups is 1. The predicted molar refractivity (Wildman–Crippen MR) is 106 cm³/mol. The van der Waals surface area contributed by atoms with Gasteiger partial charge < -0.3 is 15.2 Å². The molecule has 0 aliphatic carbocycles. The van der Waals surface area contributed by atoms with Crippen molar-refractivity contribution >= 4 is 50.5 Å². The average molecular weight is 410 g/mol. The van der Waals surface area contributed by atoms with E-state index >= 15 is 0 Å². The number of aliphatic hydroxyl groups is 1. The van der Waals surface area contributed by atoms with Gasteiger partial charge in [0, 0.05) is 14.6 Å². The maximum absolute atomic E-state index is 12.0. The summed E-state index contributed by atoms with van der Waals surface area (Å²) in [5.41, 5.74) is -1.17. The number of carbonyl (C=O) groups excluding carboxylic acids is 1. The Kier molecular flexibility index (Phi) is 5.73. The van der Waals surface area contributed by atoms with Crippen molar-refractivity contribution in [3.63, 3.8) is 0 Å². The monoisotopic (exact) mass is 409 g/mol. The molecule has 0 aliphatic heterocycles. The molecule has 3 rings (SSSR count). The van der Waals surface area contributed by atoms with E-state index in [1.165, 1.54) is 11.3 Å². The van der Waals surface area contributed by atoms with Gasteiger partial charge in [0.25, 0.3) is 5.91 Å². The summed E-state index contributed by atoms with van der Waals surface area (Å²) in [6.45, 7) is 1.55. The van der Waals surface area contributed by atoms with E-state index in [9.17, 15) is 9.90 Å². The molecule has 2 aromatic carbocycles. The van der Waals surface area contributed by atoms with Gasteiger partial charge in [0.05, 0.1) is 11.6 Å².